The third kappa shape index (κ3) is 2.02. The van der Waals surface area contributed by atoms with Crippen LogP contribution in [0.25, 0.3) is 0 Å². The van der Waals surface area contributed by atoms with E-state index in [1.165, 1.54) is 23.8 Å². The van der Waals surface area contributed by atoms with Gasteiger partial charge < -0.3 is 9.47 Å². The van der Waals surface area contributed by atoms with Gasteiger partial charge in [-0.3, -0.25) is 0 Å². The lowest BCUT2D eigenvalue weighted by Gasteiger charge is -2.23. The van der Waals surface area contributed by atoms with E-state index in [0.29, 0.717) is 13.0 Å². The van der Waals surface area contributed by atoms with Crippen LogP contribution >= 0.6 is 0 Å². The van der Waals surface area contributed by atoms with Crippen LogP contribution in [-0.4, -0.2) is 19.2 Å². The Morgan fingerprint density at radius 2 is 2.27 bits per heavy atom. The molecule has 1 aliphatic rings. The molecule has 0 amide bonds. The molecule has 0 aliphatic carbocycles. The zero-order valence-electron chi connectivity index (χ0n) is 8.95. The molecule has 1 unspecified atom stereocenters. The minimum Gasteiger partial charge on any atom is -0.467 e. The zero-order valence-corrected chi connectivity index (χ0v) is 8.95. The summed E-state index contributed by atoms with van der Waals surface area (Å²) >= 11 is 0. The Morgan fingerprint density at radius 3 is 3.00 bits per heavy atom. The molecule has 0 spiro atoms. The summed E-state index contributed by atoms with van der Waals surface area (Å²) in [5.74, 6) is -0.291. The molecule has 80 valence electrons. The molecule has 15 heavy (non-hydrogen) atoms. The first kappa shape index (κ1) is 10.2. The third-order valence-corrected chi connectivity index (χ3v) is 2.67. The molecule has 2 rings (SSSR count). The minimum atomic E-state index is -0.440. The van der Waals surface area contributed by atoms with Crippen LogP contribution < -0.4 is 0 Å². The first-order chi connectivity index (χ1) is 7.20. The summed E-state index contributed by atoms with van der Waals surface area (Å²) in [5, 5.41) is 0. The maximum atomic E-state index is 11.3. The summed E-state index contributed by atoms with van der Waals surface area (Å²) in [6, 6.07) is 6.21. The van der Waals surface area contributed by atoms with Crippen LogP contribution in [0.3, 0.4) is 0 Å². The molecule has 1 heterocycles. The van der Waals surface area contributed by atoms with Gasteiger partial charge in [-0.1, -0.05) is 23.8 Å². The third-order valence-electron chi connectivity index (χ3n) is 2.67. The van der Waals surface area contributed by atoms with Crippen LogP contribution in [0, 0.1) is 6.92 Å². The zero-order chi connectivity index (χ0) is 10.8. The second-order valence-electron chi connectivity index (χ2n) is 3.80. The number of carbonyl (C=O) groups is 1. The van der Waals surface area contributed by atoms with Gasteiger partial charge in [0.1, 0.15) is 0 Å². The number of aryl methyl sites for hydroxylation is 1. The van der Waals surface area contributed by atoms with Gasteiger partial charge in [0.2, 0.25) is 0 Å². The van der Waals surface area contributed by atoms with E-state index in [9.17, 15) is 4.79 Å². The summed E-state index contributed by atoms with van der Waals surface area (Å²) in [7, 11) is 1.39. The van der Waals surface area contributed by atoms with E-state index < -0.39 is 6.10 Å². The lowest BCUT2D eigenvalue weighted by Crippen LogP contribution is -2.31. The van der Waals surface area contributed by atoms with Gasteiger partial charge in [0.05, 0.1) is 13.7 Å². The van der Waals surface area contributed by atoms with Crippen molar-refractivity contribution in [1.29, 1.82) is 0 Å². The Labute approximate surface area is 89.0 Å². The topological polar surface area (TPSA) is 35.5 Å². The standard InChI is InChI=1S/C12H14O3/c1-8-3-4-9-6-11(12(13)14-2)15-7-10(9)5-8/h3-5,11H,6-7H2,1-2H3. The van der Waals surface area contributed by atoms with Crippen molar-refractivity contribution in [1.82, 2.24) is 0 Å². The highest BCUT2D eigenvalue weighted by Gasteiger charge is 2.25. The average molecular weight is 206 g/mol. The summed E-state index contributed by atoms with van der Waals surface area (Å²) in [5.41, 5.74) is 3.58. The van der Waals surface area contributed by atoms with Gasteiger partial charge in [0.15, 0.2) is 6.10 Å². The molecule has 0 aromatic heterocycles. The van der Waals surface area contributed by atoms with Crippen LogP contribution in [0.2, 0.25) is 0 Å². The van der Waals surface area contributed by atoms with E-state index in [1.54, 1.807) is 0 Å². The Balaban J connectivity index is 2.20. The highest BCUT2D eigenvalue weighted by atomic mass is 16.6. The van der Waals surface area contributed by atoms with E-state index >= 15 is 0 Å². The van der Waals surface area contributed by atoms with Gasteiger partial charge in [-0.15, -0.1) is 0 Å². The number of fused-ring (bicyclic) bond motifs is 1. The second-order valence-corrected chi connectivity index (χ2v) is 3.80. The minimum absolute atomic E-state index is 0.291. The highest BCUT2D eigenvalue weighted by molar-refractivity contribution is 5.75. The molecular weight excluding hydrogens is 192 g/mol. The van der Waals surface area contributed by atoms with Crippen molar-refractivity contribution in [2.24, 2.45) is 0 Å². The molecule has 0 fully saturated rings. The van der Waals surface area contributed by atoms with Crippen molar-refractivity contribution in [2.75, 3.05) is 7.11 Å². The van der Waals surface area contributed by atoms with Crippen LogP contribution in [0.15, 0.2) is 18.2 Å². The van der Waals surface area contributed by atoms with Gasteiger partial charge in [-0.05, 0) is 18.1 Å². The normalized spacial score (nSPS) is 19.5. The van der Waals surface area contributed by atoms with E-state index in [4.69, 9.17) is 4.74 Å². The fourth-order valence-corrected chi connectivity index (χ4v) is 1.82. The first-order valence-corrected chi connectivity index (χ1v) is 4.98. The number of benzene rings is 1. The SMILES string of the molecule is COC(=O)C1Cc2ccc(C)cc2CO1. The van der Waals surface area contributed by atoms with Gasteiger partial charge in [0.25, 0.3) is 0 Å². The smallest absolute Gasteiger partial charge is 0.335 e. The van der Waals surface area contributed by atoms with Crippen molar-refractivity contribution >= 4 is 5.97 Å². The van der Waals surface area contributed by atoms with Crippen molar-refractivity contribution in [2.45, 2.75) is 26.1 Å². The monoisotopic (exact) mass is 206 g/mol. The lowest BCUT2D eigenvalue weighted by molar-refractivity contribution is -0.155. The summed E-state index contributed by atoms with van der Waals surface area (Å²) in [4.78, 5) is 11.3. The number of hydrogen-bond donors (Lipinski definition) is 0. The molecule has 0 bridgehead atoms. The number of hydrogen-bond acceptors (Lipinski definition) is 3. The Hall–Kier alpha value is -1.35. The van der Waals surface area contributed by atoms with E-state index in [0.717, 1.165) is 0 Å². The van der Waals surface area contributed by atoms with Gasteiger partial charge in [-0.25, -0.2) is 4.79 Å². The average Bonchev–Trinajstić information content (AvgIpc) is 2.27. The number of methoxy groups -OCH3 is 1. The molecule has 0 saturated carbocycles. The van der Waals surface area contributed by atoms with E-state index in [-0.39, 0.29) is 5.97 Å². The maximum Gasteiger partial charge on any atom is 0.335 e. The Kier molecular flexibility index (Phi) is 2.73. The molecule has 3 heteroatoms. The lowest BCUT2D eigenvalue weighted by atomic mass is 9.97. The molecule has 0 saturated heterocycles. The summed E-state index contributed by atoms with van der Waals surface area (Å²) in [6.07, 6.45) is 0.174. The molecule has 0 radical (unpaired) electrons. The predicted molar refractivity (Wildman–Crippen MR) is 55.5 cm³/mol. The fourth-order valence-electron chi connectivity index (χ4n) is 1.82. The molecule has 0 N–H and O–H groups in total. The van der Waals surface area contributed by atoms with E-state index in [1.807, 2.05) is 6.92 Å². The number of carbonyl (C=O) groups excluding carboxylic acids is 1. The van der Waals surface area contributed by atoms with Crippen LogP contribution in [0.4, 0.5) is 0 Å². The van der Waals surface area contributed by atoms with E-state index in [2.05, 4.69) is 22.9 Å². The van der Waals surface area contributed by atoms with Gasteiger partial charge >= 0.3 is 5.97 Å². The Morgan fingerprint density at radius 1 is 1.47 bits per heavy atom. The quantitative estimate of drug-likeness (QED) is 0.655. The molecule has 1 aromatic rings. The fraction of sp³-hybridized carbons (Fsp3) is 0.417. The summed E-state index contributed by atoms with van der Waals surface area (Å²) in [6.45, 7) is 2.55. The van der Waals surface area contributed by atoms with Crippen LogP contribution in [0.1, 0.15) is 16.7 Å². The molecule has 1 atom stereocenters. The highest BCUT2D eigenvalue weighted by Crippen LogP contribution is 2.22. The largest absolute Gasteiger partial charge is 0.467 e. The predicted octanol–water partition coefficient (Wildman–Crippen LogP) is 1.61. The maximum absolute atomic E-state index is 11.3. The van der Waals surface area contributed by atoms with Crippen molar-refractivity contribution < 1.29 is 14.3 Å². The number of rotatable bonds is 1. The van der Waals surface area contributed by atoms with Crippen molar-refractivity contribution in [3.8, 4) is 0 Å². The van der Waals surface area contributed by atoms with Crippen molar-refractivity contribution in [3.63, 3.8) is 0 Å². The molecule has 1 aliphatic heterocycles. The Bertz CT molecular complexity index is 384. The van der Waals surface area contributed by atoms with Crippen LogP contribution in [-0.2, 0) is 27.3 Å². The number of ether oxygens (including phenoxy) is 2. The molecular formula is C12H14O3. The second kappa shape index (κ2) is 4.03. The first-order valence-electron chi connectivity index (χ1n) is 4.98. The van der Waals surface area contributed by atoms with Gasteiger partial charge in [-0.2, -0.15) is 0 Å². The van der Waals surface area contributed by atoms with Gasteiger partial charge in [0, 0.05) is 6.42 Å². The molecule has 3 nitrogen and oxygen atoms in total. The number of esters is 1. The molecule has 1 aromatic carbocycles. The van der Waals surface area contributed by atoms with Crippen LogP contribution in [0.5, 0.6) is 0 Å². The van der Waals surface area contributed by atoms with Crippen molar-refractivity contribution in [3.05, 3.63) is 34.9 Å². The summed E-state index contributed by atoms with van der Waals surface area (Å²) < 4.78 is 10.1.